The van der Waals surface area contributed by atoms with Crippen LogP contribution in [0.2, 0.25) is 0 Å². The van der Waals surface area contributed by atoms with E-state index in [4.69, 9.17) is 0 Å². The molecule has 0 N–H and O–H groups in total. The molecule has 3 heteroatoms. The van der Waals surface area contributed by atoms with Gasteiger partial charge in [0.2, 0.25) is 6.43 Å². The highest BCUT2D eigenvalue weighted by atomic mass is 127. The maximum Gasteiger partial charge on any atom is 0.235 e. The molecule has 0 radical (unpaired) electrons. The Balaban J connectivity index is 0. The highest BCUT2D eigenvalue weighted by Crippen LogP contribution is 1.82. The van der Waals surface area contributed by atoms with E-state index in [1.54, 1.807) is 0 Å². The number of hydrogen-bond donors (Lipinski definition) is 0. The third-order valence-corrected chi connectivity index (χ3v) is 0. The third-order valence-electron chi connectivity index (χ3n) is 0. The summed E-state index contributed by atoms with van der Waals surface area (Å²) < 4.78 is 20.7. The van der Waals surface area contributed by atoms with E-state index in [2.05, 4.69) is 0 Å². The molecule has 5 heavy (non-hydrogen) atoms. The fourth-order valence-electron chi connectivity index (χ4n) is 0. The van der Waals surface area contributed by atoms with Crippen molar-refractivity contribution in [2.24, 2.45) is 0 Å². The lowest BCUT2D eigenvalue weighted by Crippen LogP contribution is -1.69. The van der Waals surface area contributed by atoms with Gasteiger partial charge in [0.15, 0.2) is 0 Å². The predicted molar refractivity (Wildman–Crippen MR) is 27.1 cm³/mol. The fraction of sp³-hybridized carbons (Fsp3) is 1.00. The summed E-state index contributed by atoms with van der Waals surface area (Å²) in [6.45, 7) is 0.833. The van der Waals surface area contributed by atoms with Gasteiger partial charge in [-0.2, -0.15) is 0 Å². The van der Waals surface area contributed by atoms with Crippen molar-refractivity contribution in [3.8, 4) is 0 Å². The van der Waals surface area contributed by atoms with E-state index in [0.717, 1.165) is 6.92 Å². The lowest BCUT2D eigenvalue weighted by atomic mass is 10.9. The largest absolute Gasteiger partial charge is 0.235 e. The maximum absolute atomic E-state index is 10.3. The highest BCUT2D eigenvalue weighted by Gasteiger charge is 1.79. The normalized spacial score (nSPS) is 7.20. The Hall–Kier alpha value is 0.590. The molecule has 0 bridgehead atoms. The van der Waals surface area contributed by atoms with E-state index in [0.29, 0.717) is 0 Å². The summed E-state index contributed by atoms with van der Waals surface area (Å²) >= 11 is 0. The van der Waals surface area contributed by atoms with Gasteiger partial charge in [-0.15, -0.1) is 24.0 Å². The molecule has 0 fully saturated rings. The van der Waals surface area contributed by atoms with E-state index < -0.39 is 6.43 Å². The van der Waals surface area contributed by atoms with Crippen molar-refractivity contribution < 1.29 is 8.78 Å². The summed E-state index contributed by atoms with van der Waals surface area (Å²) in [5, 5.41) is 0. The van der Waals surface area contributed by atoms with Gasteiger partial charge in [-0.05, 0) is 6.92 Å². The molecule has 0 aromatic rings. The minimum Gasteiger partial charge on any atom is -0.211 e. The zero-order valence-corrected chi connectivity index (χ0v) is 5.07. The molecule has 0 aromatic carbocycles. The van der Waals surface area contributed by atoms with Gasteiger partial charge in [0.1, 0.15) is 0 Å². The molecule has 34 valence electrons. The molecule has 0 saturated heterocycles. The van der Waals surface area contributed by atoms with Gasteiger partial charge >= 0.3 is 0 Å². The molecule has 0 spiro atoms. The van der Waals surface area contributed by atoms with Crippen molar-refractivity contribution in [3.05, 3.63) is 0 Å². The molecule has 0 saturated carbocycles. The van der Waals surface area contributed by atoms with Crippen LogP contribution in [0.15, 0.2) is 0 Å². The minimum absolute atomic E-state index is 0. The van der Waals surface area contributed by atoms with E-state index in [-0.39, 0.29) is 24.0 Å². The molecule has 0 heterocycles. The van der Waals surface area contributed by atoms with Crippen LogP contribution in [0.1, 0.15) is 6.92 Å². The molecule has 0 rings (SSSR count). The SMILES string of the molecule is CC(F)F.I. The Bertz CT molecular complexity index is 12.4. The van der Waals surface area contributed by atoms with Crippen molar-refractivity contribution >= 4 is 24.0 Å². The molecule has 0 aliphatic rings. The van der Waals surface area contributed by atoms with Crippen LogP contribution in [0, 0.1) is 0 Å². The zero-order chi connectivity index (χ0) is 3.58. The summed E-state index contributed by atoms with van der Waals surface area (Å²) in [4.78, 5) is 0. The van der Waals surface area contributed by atoms with Crippen molar-refractivity contribution in [2.45, 2.75) is 13.3 Å². The van der Waals surface area contributed by atoms with Crippen LogP contribution in [0.3, 0.4) is 0 Å². The van der Waals surface area contributed by atoms with Crippen LogP contribution in [-0.4, -0.2) is 6.43 Å². The van der Waals surface area contributed by atoms with Crippen molar-refractivity contribution in [1.82, 2.24) is 0 Å². The zero-order valence-electron chi connectivity index (χ0n) is 2.74. The van der Waals surface area contributed by atoms with Crippen LogP contribution < -0.4 is 0 Å². The molecular weight excluding hydrogens is 189 g/mol. The molecule has 0 nitrogen and oxygen atoms in total. The lowest BCUT2D eigenvalue weighted by Gasteiger charge is -1.70. The number of halogens is 3. The van der Waals surface area contributed by atoms with Gasteiger partial charge in [-0.1, -0.05) is 0 Å². The maximum atomic E-state index is 10.3. The first-order valence-corrected chi connectivity index (χ1v) is 1.01. The fourth-order valence-corrected chi connectivity index (χ4v) is 0. The Morgan fingerprint density at radius 3 is 1.40 bits per heavy atom. The lowest BCUT2D eigenvalue weighted by molar-refractivity contribution is 0.171. The Labute approximate surface area is 46.6 Å². The second-order valence-corrected chi connectivity index (χ2v) is 0.519. The van der Waals surface area contributed by atoms with Gasteiger partial charge in [0, 0.05) is 0 Å². The Morgan fingerprint density at radius 2 is 1.40 bits per heavy atom. The molecular formula is C2H5F2I. The van der Waals surface area contributed by atoms with Crippen molar-refractivity contribution in [2.75, 3.05) is 0 Å². The average molecular weight is 194 g/mol. The Kier molecular flexibility index (Phi) is 8.39. The van der Waals surface area contributed by atoms with E-state index in [1.165, 1.54) is 0 Å². The summed E-state index contributed by atoms with van der Waals surface area (Å²) in [5.74, 6) is 0. The van der Waals surface area contributed by atoms with Crippen LogP contribution in [0.25, 0.3) is 0 Å². The highest BCUT2D eigenvalue weighted by molar-refractivity contribution is 14.0. The smallest absolute Gasteiger partial charge is 0.211 e. The first-order valence-electron chi connectivity index (χ1n) is 1.01. The van der Waals surface area contributed by atoms with Crippen LogP contribution in [0.5, 0.6) is 0 Å². The van der Waals surface area contributed by atoms with E-state index >= 15 is 0 Å². The van der Waals surface area contributed by atoms with Crippen LogP contribution >= 0.6 is 24.0 Å². The van der Waals surface area contributed by atoms with Crippen LogP contribution in [-0.2, 0) is 0 Å². The number of rotatable bonds is 0. The summed E-state index contributed by atoms with van der Waals surface area (Å²) in [7, 11) is 0. The summed E-state index contributed by atoms with van der Waals surface area (Å²) in [6, 6.07) is 0. The average Bonchev–Trinajstić information content (AvgIpc) is 0.811. The standard InChI is InChI=1S/C2H4F2.HI/c1-2(3)4;/h2H,1H3;1H. The molecule has 0 aliphatic carbocycles. The van der Waals surface area contributed by atoms with Gasteiger partial charge in [-0.25, -0.2) is 8.78 Å². The number of hydrogen-bond acceptors (Lipinski definition) is 0. The van der Waals surface area contributed by atoms with E-state index in [9.17, 15) is 8.78 Å². The Morgan fingerprint density at radius 1 is 1.40 bits per heavy atom. The van der Waals surface area contributed by atoms with Gasteiger partial charge in [0.05, 0.1) is 0 Å². The van der Waals surface area contributed by atoms with Gasteiger partial charge in [0.25, 0.3) is 0 Å². The summed E-state index contributed by atoms with van der Waals surface area (Å²) in [6.07, 6.45) is -2.17. The summed E-state index contributed by atoms with van der Waals surface area (Å²) in [5.41, 5.74) is 0. The van der Waals surface area contributed by atoms with E-state index in [1.807, 2.05) is 0 Å². The molecule has 0 amide bonds. The third kappa shape index (κ3) is 88.5. The quantitative estimate of drug-likeness (QED) is 0.516. The minimum atomic E-state index is -2.17. The molecule has 0 unspecified atom stereocenters. The van der Waals surface area contributed by atoms with Crippen LogP contribution in [0.4, 0.5) is 8.78 Å². The molecule has 0 aromatic heterocycles. The van der Waals surface area contributed by atoms with Gasteiger partial charge < -0.3 is 0 Å². The first-order chi connectivity index (χ1) is 1.73. The predicted octanol–water partition coefficient (Wildman–Crippen LogP) is 1.89. The monoisotopic (exact) mass is 194 g/mol. The topological polar surface area (TPSA) is 0 Å². The second-order valence-electron chi connectivity index (χ2n) is 0.519. The van der Waals surface area contributed by atoms with Gasteiger partial charge in [-0.3, -0.25) is 0 Å². The first kappa shape index (κ1) is 9.14. The second kappa shape index (κ2) is 4.59. The molecule has 0 aliphatic heterocycles. The number of alkyl halides is 2. The van der Waals surface area contributed by atoms with Crippen molar-refractivity contribution in [1.29, 1.82) is 0 Å². The molecule has 0 atom stereocenters. The van der Waals surface area contributed by atoms with Crippen molar-refractivity contribution in [3.63, 3.8) is 0 Å².